The summed E-state index contributed by atoms with van der Waals surface area (Å²) in [6, 6.07) is 6.55. The highest BCUT2D eigenvalue weighted by molar-refractivity contribution is 5.96. The fourth-order valence-corrected chi connectivity index (χ4v) is 1.96. The average molecular weight is 376 g/mol. The molecule has 0 radical (unpaired) electrons. The standard InChI is InChI=1S/C16H10F6N2O2/c17-10-6-5-9(12(18)13(10)19)14(25)23-7-8-3-1-2-4-11(8)24-15(26)16(20,21)22/h1-6H,7H2,(H,23,25)(H,24,26). The molecule has 0 aliphatic carbocycles. The summed E-state index contributed by atoms with van der Waals surface area (Å²) in [6.45, 7) is -0.397. The molecule has 2 aromatic rings. The summed E-state index contributed by atoms with van der Waals surface area (Å²) >= 11 is 0. The third kappa shape index (κ3) is 4.32. The van der Waals surface area contributed by atoms with Gasteiger partial charge in [-0.15, -0.1) is 0 Å². The molecule has 138 valence electrons. The molecule has 2 N–H and O–H groups in total. The van der Waals surface area contributed by atoms with Crippen LogP contribution < -0.4 is 10.6 Å². The fourth-order valence-electron chi connectivity index (χ4n) is 1.96. The predicted octanol–water partition coefficient (Wildman–Crippen LogP) is 3.53. The zero-order chi connectivity index (χ0) is 19.5. The smallest absolute Gasteiger partial charge is 0.348 e. The van der Waals surface area contributed by atoms with E-state index in [0.29, 0.717) is 6.07 Å². The van der Waals surface area contributed by atoms with Crippen LogP contribution in [0.3, 0.4) is 0 Å². The molecule has 2 rings (SSSR count). The van der Waals surface area contributed by atoms with Crippen molar-refractivity contribution in [2.45, 2.75) is 12.7 Å². The Morgan fingerprint density at radius 2 is 1.58 bits per heavy atom. The first-order valence-electron chi connectivity index (χ1n) is 6.99. The second-order valence-electron chi connectivity index (χ2n) is 5.01. The molecular formula is C16H10F6N2O2. The van der Waals surface area contributed by atoms with Crippen LogP contribution in [0, 0.1) is 17.5 Å². The molecule has 10 heteroatoms. The summed E-state index contributed by atoms with van der Waals surface area (Å²) in [4.78, 5) is 22.9. The molecule has 0 saturated heterocycles. The molecule has 4 nitrogen and oxygen atoms in total. The predicted molar refractivity (Wildman–Crippen MR) is 78.6 cm³/mol. The third-order valence-corrected chi connectivity index (χ3v) is 3.24. The lowest BCUT2D eigenvalue weighted by Crippen LogP contribution is -2.31. The number of carbonyl (C=O) groups excluding carboxylic acids is 2. The fraction of sp³-hybridized carbons (Fsp3) is 0.125. The Morgan fingerprint density at radius 1 is 0.923 bits per heavy atom. The monoisotopic (exact) mass is 376 g/mol. The van der Waals surface area contributed by atoms with Crippen LogP contribution in [0.15, 0.2) is 36.4 Å². The number of nitrogens with one attached hydrogen (secondary N) is 2. The molecule has 0 bridgehead atoms. The number of halogens is 6. The van der Waals surface area contributed by atoms with Gasteiger partial charge in [0.1, 0.15) is 0 Å². The van der Waals surface area contributed by atoms with Crippen LogP contribution in [0.4, 0.5) is 32.0 Å². The van der Waals surface area contributed by atoms with E-state index >= 15 is 0 Å². The number of amides is 2. The Bertz CT molecular complexity index is 851. The van der Waals surface area contributed by atoms with Crippen molar-refractivity contribution < 1.29 is 35.9 Å². The van der Waals surface area contributed by atoms with Gasteiger partial charge in [0.2, 0.25) is 0 Å². The molecule has 2 aromatic carbocycles. The molecule has 26 heavy (non-hydrogen) atoms. The van der Waals surface area contributed by atoms with Crippen LogP contribution in [-0.2, 0) is 11.3 Å². The third-order valence-electron chi connectivity index (χ3n) is 3.24. The molecule has 0 unspecified atom stereocenters. The number of anilines is 1. The number of para-hydroxylation sites is 1. The number of carbonyl (C=O) groups is 2. The van der Waals surface area contributed by atoms with Crippen LogP contribution in [0.2, 0.25) is 0 Å². The highest BCUT2D eigenvalue weighted by Crippen LogP contribution is 2.21. The van der Waals surface area contributed by atoms with Crippen LogP contribution in [0.1, 0.15) is 15.9 Å². The molecule has 2 amide bonds. The molecule has 0 aliphatic rings. The Kier molecular flexibility index (Phi) is 5.53. The summed E-state index contributed by atoms with van der Waals surface area (Å²) in [7, 11) is 0. The second kappa shape index (κ2) is 7.46. The normalized spacial score (nSPS) is 11.2. The van der Waals surface area contributed by atoms with Gasteiger partial charge in [-0.2, -0.15) is 13.2 Å². The summed E-state index contributed by atoms with van der Waals surface area (Å²) in [5.41, 5.74) is -0.914. The Labute approximate surface area is 142 Å². The van der Waals surface area contributed by atoms with Gasteiger partial charge in [-0.05, 0) is 23.8 Å². The van der Waals surface area contributed by atoms with E-state index in [0.717, 1.165) is 6.07 Å². The molecule has 0 fully saturated rings. The zero-order valence-corrected chi connectivity index (χ0v) is 12.8. The molecular weight excluding hydrogens is 366 g/mol. The second-order valence-corrected chi connectivity index (χ2v) is 5.01. The Hall–Kier alpha value is -3.04. The largest absolute Gasteiger partial charge is 0.471 e. The quantitative estimate of drug-likeness (QED) is 0.634. The maximum Gasteiger partial charge on any atom is 0.471 e. The van der Waals surface area contributed by atoms with Gasteiger partial charge in [0.15, 0.2) is 17.5 Å². The van der Waals surface area contributed by atoms with Gasteiger partial charge >= 0.3 is 12.1 Å². The van der Waals surface area contributed by atoms with Crippen LogP contribution >= 0.6 is 0 Å². The molecule has 0 heterocycles. The van der Waals surface area contributed by atoms with E-state index in [4.69, 9.17) is 0 Å². The average Bonchev–Trinajstić information content (AvgIpc) is 2.58. The van der Waals surface area contributed by atoms with E-state index in [2.05, 4.69) is 5.32 Å². The first-order chi connectivity index (χ1) is 12.1. The van der Waals surface area contributed by atoms with E-state index in [1.807, 2.05) is 0 Å². The highest BCUT2D eigenvalue weighted by atomic mass is 19.4. The number of hydrogen-bond acceptors (Lipinski definition) is 2. The lowest BCUT2D eigenvalue weighted by molar-refractivity contribution is -0.167. The summed E-state index contributed by atoms with van der Waals surface area (Å²) in [5, 5.41) is 3.80. The van der Waals surface area contributed by atoms with Gasteiger partial charge < -0.3 is 10.6 Å². The van der Waals surface area contributed by atoms with Crippen molar-refractivity contribution in [2.24, 2.45) is 0 Å². The van der Waals surface area contributed by atoms with Crippen LogP contribution in [0.5, 0.6) is 0 Å². The van der Waals surface area contributed by atoms with Gasteiger partial charge in [0.05, 0.1) is 5.56 Å². The van der Waals surface area contributed by atoms with Crippen LogP contribution in [0.25, 0.3) is 0 Å². The minimum atomic E-state index is -5.11. The van der Waals surface area contributed by atoms with Gasteiger partial charge in [-0.1, -0.05) is 18.2 Å². The number of benzene rings is 2. The number of alkyl halides is 3. The number of hydrogen-bond donors (Lipinski definition) is 2. The first-order valence-corrected chi connectivity index (χ1v) is 6.99. The van der Waals surface area contributed by atoms with Crippen molar-refractivity contribution in [3.8, 4) is 0 Å². The molecule has 0 aliphatic heterocycles. The van der Waals surface area contributed by atoms with Crippen molar-refractivity contribution >= 4 is 17.5 Å². The Morgan fingerprint density at radius 3 is 2.23 bits per heavy atom. The lowest BCUT2D eigenvalue weighted by atomic mass is 10.1. The first kappa shape index (κ1) is 19.3. The Balaban J connectivity index is 2.14. The van der Waals surface area contributed by atoms with E-state index in [1.54, 1.807) is 5.32 Å². The molecule has 0 spiro atoms. The highest BCUT2D eigenvalue weighted by Gasteiger charge is 2.38. The lowest BCUT2D eigenvalue weighted by Gasteiger charge is -2.13. The van der Waals surface area contributed by atoms with Crippen molar-refractivity contribution in [1.29, 1.82) is 0 Å². The SMILES string of the molecule is O=C(NCc1ccccc1NC(=O)C(F)(F)F)c1ccc(F)c(F)c1F. The number of rotatable bonds is 4. The molecule has 0 aromatic heterocycles. The van der Waals surface area contributed by atoms with Gasteiger partial charge in [0.25, 0.3) is 5.91 Å². The van der Waals surface area contributed by atoms with E-state index in [1.165, 1.54) is 24.3 Å². The topological polar surface area (TPSA) is 58.2 Å². The minimum absolute atomic E-state index is 0.0847. The summed E-state index contributed by atoms with van der Waals surface area (Å²) in [6.07, 6.45) is -5.11. The maximum absolute atomic E-state index is 13.6. The van der Waals surface area contributed by atoms with Crippen LogP contribution in [-0.4, -0.2) is 18.0 Å². The van der Waals surface area contributed by atoms with E-state index in [-0.39, 0.29) is 11.3 Å². The summed E-state index contributed by atoms with van der Waals surface area (Å²) in [5.74, 6) is -8.31. The van der Waals surface area contributed by atoms with Gasteiger partial charge in [0, 0.05) is 12.2 Å². The zero-order valence-electron chi connectivity index (χ0n) is 12.8. The summed E-state index contributed by atoms with van der Waals surface area (Å²) < 4.78 is 76.6. The van der Waals surface area contributed by atoms with E-state index in [9.17, 15) is 35.9 Å². The maximum atomic E-state index is 13.6. The van der Waals surface area contributed by atoms with Crippen molar-refractivity contribution in [3.63, 3.8) is 0 Å². The molecule has 0 atom stereocenters. The van der Waals surface area contributed by atoms with Crippen molar-refractivity contribution in [2.75, 3.05) is 5.32 Å². The minimum Gasteiger partial charge on any atom is -0.348 e. The van der Waals surface area contributed by atoms with E-state index < -0.39 is 47.6 Å². The van der Waals surface area contributed by atoms with Crippen molar-refractivity contribution in [3.05, 3.63) is 65.0 Å². The van der Waals surface area contributed by atoms with Crippen molar-refractivity contribution in [1.82, 2.24) is 5.32 Å². The van der Waals surface area contributed by atoms with Gasteiger partial charge in [-0.3, -0.25) is 9.59 Å². The van der Waals surface area contributed by atoms with Gasteiger partial charge in [-0.25, -0.2) is 13.2 Å². The molecule has 0 saturated carbocycles.